The number of carboxylic acids is 3. The molecule has 11 nitrogen and oxygen atoms in total. The highest BCUT2D eigenvalue weighted by Gasteiger charge is 2.22. The van der Waals surface area contributed by atoms with Crippen LogP contribution in [0.15, 0.2) is 54.6 Å². The first-order chi connectivity index (χ1) is 16.9. The summed E-state index contributed by atoms with van der Waals surface area (Å²) < 4.78 is 0. The average molecular weight is 490 g/mol. The van der Waals surface area contributed by atoms with Crippen molar-refractivity contribution >= 4 is 46.8 Å². The Balaban J connectivity index is 2.03. The molecule has 0 heterocycles. The first kappa shape index (κ1) is 25.3. The van der Waals surface area contributed by atoms with E-state index in [9.17, 15) is 44.1 Å². The maximum atomic E-state index is 13.1. The summed E-state index contributed by atoms with van der Waals surface area (Å²) >= 11 is 0. The van der Waals surface area contributed by atoms with E-state index in [-0.39, 0.29) is 39.2 Å². The number of Topliss-reactive ketones (excluding diaryl/α,β-unsaturated/α-hetero) is 1. The van der Waals surface area contributed by atoms with E-state index < -0.39 is 46.5 Å². The van der Waals surface area contributed by atoms with Crippen molar-refractivity contribution in [2.45, 2.75) is 6.92 Å². The Morgan fingerprint density at radius 3 is 1.67 bits per heavy atom. The fourth-order valence-corrected chi connectivity index (χ4v) is 3.44. The van der Waals surface area contributed by atoms with Crippen molar-refractivity contribution in [1.29, 1.82) is 0 Å². The molecule has 0 fully saturated rings. The topological polar surface area (TPSA) is 201 Å². The van der Waals surface area contributed by atoms with Gasteiger partial charge < -0.3 is 26.4 Å². The summed E-state index contributed by atoms with van der Waals surface area (Å²) in [5.74, 6) is -6.33. The number of amides is 1. The largest absolute Gasteiger partial charge is 0.478 e. The van der Waals surface area contributed by atoms with Crippen molar-refractivity contribution < 1.29 is 44.1 Å². The Kier molecular flexibility index (Phi) is 6.95. The molecular weight excluding hydrogens is 472 g/mol. The van der Waals surface area contributed by atoms with E-state index in [1.54, 1.807) is 0 Å². The summed E-state index contributed by atoms with van der Waals surface area (Å²) in [4.78, 5) is 72.1. The molecule has 0 aliphatic rings. The van der Waals surface area contributed by atoms with Crippen molar-refractivity contribution in [2.75, 3.05) is 11.1 Å². The lowest BCUT2D eigenvalue weighted by Crippen LogP contribution is -2.18. The van der Waals surface area contributed by atoms with Gasteiger partial charge in [0.2, 0.25) is 0 Å². The quantitative estimate of drug-likeness (QED) is 0.231. The molecular formula is C25H18N2O9. The van der Waals surface area contributed by atoms with E-state index in [2.05, 4.69) is 5.32 Å². The zero-order valence-corrected chi connectivity index (χ0v) is 18.6. The number of aromatic carboxylic acids is 3. The molecule has 3 rings (SSSR count). The monoisotopic (exact) mass is 490 g/mol. The molecule has 3 aromatic carbocycles. The van der Waals surface area contributed by atoms with Crippen LogP contribution in [0.1, 0.15) is 74.6 Å². The van der Waals surface area contributed by atoms with Gasteiger partial charge in [-0.25, -0.2) is 14.4 Å². The summed E-state index contributed by atoms with van der Waals surface area (Å²) in [5, 5.41) is 30.3. The predicted molar refractivity (Wildman–Crippen MR) is 126 cm³/mol. The maximum absolute atomic E-state index is 13.1. The highest BCUT2D eigenvalue weighted by molar-refractivity contribution is 6.16. The Hall–Kier alpha value is -5.32. The minimum atomic E-state index is -1.46. The van der Waals surface area contributed by atoms with E-state index >= 15 is 0 Å². The molecule has 0 spiro atoms. The van der Waals surface area contributed by atoms with E-state index in [1.165, 1.54) is 24.3 Å². The maximum Gasteiger partial charge on any atom is 0.336 e. The van der Waals surface area contributed by atoms with Crippen LogP contribution in [0.5, 0.6) is 0 Å². The van der Waals surface area contributed by atoms with Crippen LogP contribution in [0.4, 0.5) is 11.4 Å². The van der Waals surface area contributed by atoms with Crippen LogP contribution in [0.2, 0.25) is 0 Å². The first-order valence-corrected chi connectivity index (χ1v) is 10.1. The second-order valence-electron chi connectivity index (χ2n) is 7.62. The highest BCUT2D eigenvalue weighted by atomic mass is 16.4. The standard InChI is InChI=1S/C25H18N2O9/c1-11(28)19-8-12(2-4-17(19)24(33)34)21(29)13-3-5-18(25(35)36)20(9-13)22(30)27-16-7-14(23(31)32)6-15(26)10-16/h2-10H,26H2,1H3,(H,27,30)(H,31,32)(H,33,34)(H,35,36). The van der Waals surface area contributed by atoms with Crippen LogP contribution in [-0.2, 0) is 0 Å². The van der Waals surface area contributed by atoms with Crippen LogP contribution in [0, 0.1) is 0 Å². The number of nitrogens with two attached hydrogens (primary N) is 1. The number of ketones is 2. The fraction of sp³-hybridized carbons (Fsp3) is 0.0400. The normalized spacial score (nSPS) is 10.4. The number of hydrogen-bond donors (Lipinski definition) is 5. The number of nitrogen functional groups attached to an aromatic ring is 1. The number of benzene rings is 3. The fourth-order valence-electron chi connectivity index (χ4n) is 3.44. The van der Waals surface area contributed by atoms with Crippen LogP contribution in [-0.4, -0.2) is 50.7 Å². The third-order valence-electron chi connectivity index (χ3n) is 5.11. The van der Waals surface area contributed by atoms with Crippen LogP contribution < -0.4 is 11.1 Å². The Bertz CT molecular complexity index is 1470. The van der Waals surface area contributed by atoms with E-state index in [0.29, 0.717) is 0 Å². The highest BCUT2D eigenvalue weighted by Crippen LogP contribution is 2.22. The molecule has 0 atom stereocenters. The molecule has 0 radical (unpaired) electrons. The molecule has 0 aromatic heterocycles. The smallest absolute Gasteiger partial charge is 0.336 e. The molecule has 0 unspecified atom stereocenters. The minimum Gasteiger partial charge on any atom is -0.478 e. The molecule has 0 aliphatic carbocycles. The van der Waals surface area contributed by atoms with Gasteiger partial charge in [-0.1, -0.05) is 12.1 Å². The summed E-state index contributed by atoms with van der Waals surface area (Å²) in [6.07, 6.45) is 0. The minimum absolute atomic E-state index is 0.0131. The summed E-state index contributed by atoms with van der Waals surface area (Å²) in [6.45, 7) is 1.15. The van der Waals surface area contributed by atoms with Crippen LogP contribution in [0.3, 0.4) is 0 Å². The second-order valence-corrected chi connectivity index (χ2v) is 7.62. The van der Waals surface area contributed by atoms with Gasteiger partial charge in [-0.3, -0.25) is 14.4 Å². The van der Waals surface area contributed by atoms with Crippen molar-refractivity contribution in [1.82, 2.24) is 0 Å². The lowest BCUT2D eigenvalue weighted by atomic mass is 9.94. The predicted octanol–water partition coefficient (Wildman–Crippen LogP) is 3.05. The van der Waals surface area contributed by atoms with Crippen LogP contribution >= 0.6 is 0 Å². The van der Waals surface area contributed by atoms with E-state index in [4.69, 9.17) is 5.73 Å². The third kappa shape index (κ3) is 5.25. The number of hydrogen-bond acceptors (Lipinski definition) is 7. The molecule has 0 saturated carbocycles. The third-order valence-corrected chi connectivity index (χ3v) is 5.11. The van der Waals surface area contributed by atoms with Crippen molar-refractivity contribution in [2.24, 2.45) is 0 Å². The Labute approximate surface area is 202 Å². The zero-order chi connectivity index (χ0) is 26.7. The molecule has 0 bridgehead atoms. The first-order valence-electron chi connectivity index (χ1n) is 10.1. The molecule has 11 heteroatoms. The van der Waals surface area contributed by atoms with Gasteiger partial charge >= 0.3 is 17.9 Å². The number of carbonyl (C=O) groups is 6. The number of carboxylic acid groups (broad SMARTS) is 3. The summed E-state index contributed by atoms with van der Waals surface area (Å²) in [7, 11) is 0. The van der Waals surface area contributed by atoms with E-state index in [1.807, 2.05) is 0 Å². The number of anilines is 2. The number of rotatable bonds is 8. The van der Waals surface area contributed by atoms with Gasteiger partial charge in [0, 0.05) is 28.1 Å². The van der Waals surface area contributed by atoms with Gasteiger partial charge in [0.15, 0.2) is 11.6 Å². The van der Waals surface area contributed by atoms with Gasteiger partial charge in [0.05, 0.1) is 22.3 Å². The lowest BCUT2D eigenvalue weighted by Gasteiger charge is -2.12. The average Bonchev–Trinajstić information content (AvgIpc) is 2.82. The number of carbonyl (C=O) groups excluding carboxylic acids is 3. The van der Waals surface area contributed by atoms with Crippen molar-refractivity contribution in [3.8, 4) is 0 Å². The Morgan fingerprint density at radius 2 is 1.17 bits per heavy atom. The van der Waals surface area contributed by atoms with Crippen molar-refractivity contribution in [3.05, 3.63) is 93.5 Å². The summed E-state index contributed by atoms with van der Waals surface area (Å²) in [5.41, 5.74) is 4.01. The van der Waals surface area contributed by atoms with Crippen molar-refractivity contribution in [3.63, 3.8) is 0 Å². The molecule has 6 N–H and O–H groups in total. The molecule has 3 aromatic rings. The molecule has 182 valence electrons. The van der Waals surface area contributed by atoms with Gasteiger partial charge in [-0.2, -0.15) is 0 Å². The zero-order valence-electron chi connectivity index (χ0n) is 18.6. The van der Waals surface area contributed by atoms with Gasteiger partial charge in [0.25, 0.3) is 5.91 Å². The number of nitrogens with one attached hydrogen (secondary N) is 1. The van der Waals surface area contributed by atoms with Gasteiger partial charge in [-0.15, -0.1) is 0 Å². The molecule has 0 saturated heterocycles. The van der Waals surface area contributed by atoms with Crippen LogP contribution in [0.25, 0.3) is 0 Å². The lowest BCUT2D eigenvalue weighted by molar-refractivity contribution is 0.0683. The molecule has 0 aliphatic heterocycles. The van der Waals surface area contributed by atoms with E-state index in [0.717, 1.165) is 37.3 Å². The summed E-state index contributed by atoms with van der Waals surface area (Å²) in [6, 6.07) is 10.2. The Morgan fingerprint density at radius 1 is 0.639 bits per heavy atom. The SMILES string of the molecule is CC(=O)c1cc(C(=O)c2ccc(C(=O)O)c(C(=O)Nc3cc(N)cc(C(=O)O)c3)c2)ccc1C(=O)O. The molecule has 1 amide bonds. The van der Waals surface area contributed by atoms with Gasteiger partial charge in [-0.05, 0) is 49.4 Å². The van der Waals surface area contributed by atoms with Gasteiger partial charge in [0.1, 0.15) is 0 Å². The second kappa shape index (κ2) is 9.89. The molecule has 36 heavy (non-hydrogen) atoms.